The Morgan fingerprint density at radius 1 is 1.47 bits per heavy atom. The molecule has 2 aromatic heterocycles. The molecule has 7 heteroatoms. The third-order valence-electron chi connectivity index (χ3n) is 2.55. The number of hydrogen-bond donors (Lipinski definition) is 2. The lowest BCUT2D eigenvalue weighted by molar-refractivity contribution is -0.121. The van der Waals surface area contributed by atoms with E-state index in [1.54, 1.807) is 17.8 Å². The topological polar surface area (TPSA) is 84.2 Å². The Labute approximate surface area is 113 Å². The molecule has 0 aliphatic rings. The quantitative estimate of drug-likeness (QED) is 0.826. The minimum absolute atomic E-state index is 0.00565. The van der Waals surface area contributed by atoms with Gasteiger partial charge in [0.2, 0.25) is 5.91 Å². The molecule has 0 unspecified atom stereocenters. The summed E-state index contributed by atoms with van der Waals surface area (Å²) in [5.74, 6) is -1.26. The maximum absolute atomic E-state index is 11.7. The number of aromatic carboxylic acids is 1. The minimum Gasteiger partial charge on any atom is -0.477 e. The van der Waals surface area contributed by atoms with Crippen molar-refractivity contribution in [2.45, 2.75) is 13.0 Å². The number of thiazole rings is 1. The first kappa shape index (κ1) is 13.3. The van der Waals surface area contributed by atoms with Crippen molar-refractivity contribution in [1.29, 1.82) is 0 Å². The summed E-state index contributed by atoms with van der Waals surface area (Å²) >= 11 is 1.51. The SMILES string of the molecule is O=C(Cn1cccc1C(=O)O)NCCc1cscn1. The number of carboxylic acids is 1. The molecule has 2 heterocycles. The van der Waals surface area contributed by atoms with E-state index in [0.29, 0.717) is 13.0 Å². The summed E-state index contributed by atoms with van der Waals surface area (Å²) < 4.78 is 1.40. The number of aromatic nitrogens is 2. The van der Waals surface area contributed by atoms with Crippen molar-refractivity contribution in [3.63, 3.8) is 0 Å². The molecule has 0 radical (unpaired) electrons. The minimum atomic E-state index is -1.04. The lowest BCUT2D eigenvalue weighted by Gasteiger charge is -2.07. The van der Waals surface area contributed by atoms with Gasteiger partial charge in [0.25, 0.3) is 0 Å². The van der Waals surface area contributed by atoms with Crippen molar-refractivity contribution in [2.24, 2.45) is 0 Å². The molecule has 2 rings (SSSR count). The van der Waals surface area contributed by atoms with Crippen LogP contribution in [0.15, 0.2) is 29.2 Å². The third kappa shape index (κ3) is 3.65. The van der Waals surface area contributed by atoms with Crippen molar-refractivity contribution in [2.75, 3.05) is 6.54 Å². The van der Waals surface area contributed by atoms with Crippen LogP contribution in [0.1, 0.15) is 16.2 Å². The van der Waals surface area contributed by atoms with Crippen LogP contribution in [0.5, 0.6) is 0 Å². The average molecular weight is 279 g/mol. The summed E-state index contributed by atoms with van der Waals surface area (Å²) in [7, 11) is 0. The highest BCUT2D eigenvalue weighted by Gasteiger charge is 2.11. The molecule has 100 valence electrons. The van der Waals surface area contributed by atoms with Gasteiger partial charge in [-0.3, -0.25) is 4.79 Å². The highest BCUT2D eigenvalue weighted by Crippen LogP contribution is 2.02. The first-order chi connectivity index (χ1) is 9.16. The zero-order chi connectivity index (χ0) is 13.7. The molecular weight excluding hydrogens is 266 g/mol. The zero-order valence-corrected chi connectivity index (χ0v) is 10.9. The van der Waals surface area contributed by atoms with Gasteiger partial charge in [0.15, 0.2) is 0 Å². The van der Waals surface area contributed by atoms with E-state index >= 15 is 0 Å². The smallest absolute Gasteiger partial charge is 0.352 e. The van der Waals surface area contributed by atoms with E-state index in [0.717, 1.165) is 5.69 Å². The van der Waals surface area contributed by atoms with Gasteiger partial charge < -0.3 is 15.0 Å². The highest BCUT2D eigenvalue weighted by atomic mass is 32.1. The van der Waals surface area contributed by atoms with Gasteiger partial charge in [-0.1, -0.05) is 0 Å². The molecule has 0 saturated carbocycles. The van der Waals surface area contributed by atoms with Crippen molar-refractivity contribution < 1.29 is 14.7 Å². The largest absolute Gasteiger partial charge is 0.477 e. The van der Waals surface area contributed by atoms with Gasteiger partial charge in [0.05, 0.1) is 11.2 Å². The van der Waals surface area contributed by atoms with E-state index in [1.165, 1.54) is 22.0 Å². The second-order valence-corrected chi connectivity index (χ2v) is 4.62. The van der Waals surface area contributed by atoms with Crippen LogP contribution in [0.2, 0.25) is 0 Å². The van der Waals surface area contributed by atoms with Crippen LogP contribution < -0.4 is 5.32 Å². The number of rotatable bonds is 6. The van der Waals surface area contributed by atoms with Gasteiger partial charge in [-0.05, 0) is 12.1 Å². The predicted molar refractivity (Wildman–Crippen MR) is 70.2 cm³/mol. The fourth-order valence-corrected chi connectivity index (χ4v) is 2.24. The van der Waals surface area contributed by atoms with E-state index in [9.17, 15) is 9.59 Å². The summed E-state index contributed by atoms with van der Waals surface area (Å²) in [5, 5.41) is 13.6. The number of hydrogen-bond acceptors (Lipinski definition) is 4. The van der Waals surface area contributed by atoms with Crippen LogP contribution in [-0.4, -0.2) is 33.1 Å². The van der Waals surface area contributed by atoms with Crippen molar-refractivity contribution >= 4 is 23.2 Å². The maximum Gasteiger partial charge on any atom is 0.352 e. The molecule has 0 aliphatic heterocycles. The Kier molecular flexibility index (Phi) is 4.30. The number of nitrogens with zero attached hydrogens (tertiary/aromatic N) is 2. The van der Waals surface area contributed by atoms with Crippen LogP contribution in [0, 0.1) is 0 Å². The van der Waals surface area contributed by atoms with E-state index < -0.39 is 5.97 Å². The summed E-state index contributed by atoms with van der Waals surface area (Å²) in [5.41, 5.74) is 2.79. The van der Waals surface area contributed by atoms with Gasteiger partial charge in [-0.2, -0.15) is 0 Å². The lowest BCUT2D eigenvalue weighted by atomic mass is 10.3. The Bertz CT molecular complexity index is 563. The van der Waals surface area contributed by atoms with Gasteiger partial charge >= 0.3 is 5.97 Å². The highest BCUT2D eigenvalue weighted by molar-refractivity contribution is 7.07. The number of carbonyl (C=O) groups excluding carboxylic acids is 1. The van der Waals surface area contributed by atoms with Crippen molar-refractivity contribution in [3.05, 3.63) is 40.6 Å². The fourth-order valence-electron chi connectivity index (χ4n) is 1.65. The summed E-state index contributed by atoms with van der Waals surface area (Å²) in [6, 6.07) is 3.07. The molecule has 2 N–H and O–H groups in total. The standard InChI is InChI=1S/C12H13N3O3S/c16-11(13-4-3-9-7-19-8-14-9)6-15-5-1-2-10(15)12(17)18/h1-2,5,7-8H,3-4,6H2,(H,13,16)(H,17,18). The predicted octanol–water partition coefficient (Wildman–Crippen LogP) is 1.00. The second-order valence-electron chi connectivity index (χ2n) is 3.91. The molecule has 0 saturated heterocycles. The van der Waals surface area contributed by atoms with Gasteiger partial charge in [-0.25, -0.2) is 9.78 Å². The van der Waals surface area contributed by atoms with Crippen molar-refractivity contribution in [3.8, 4) is 0 Å². The molecule has 2 aromatic rings. The Hall–Kier alpha value is -2.15. The molecule has 0 atom stereocenters. The number of carboxylic acid groups (broad SMARTS) is 1. The fraction of sp³-hybridized carbons (Fsp3) is 0.250. The number of carbonyl (C=O) groups is 2. The number of nitrogens with one attached hydrogen (secondary N) is 1. The van der Waals surface area contributed by atoms with E-state index in [2.05, 4.69) is 10.3 Å². The first-order valence-electron chi connectivity index (χ1n) is 5.69. The maximum atomic E-state index is 11.7. The Morgan fingerprint density at radius 3 is 3.00 bits per heavy atom. The lowest BCUT2D eigenvalue weighted by Crippen LogP contribution is -2.30. The van der Waals surface area contributed by atoms with Crippen LogP contribution in [0.25, 0.3) is 0 Å². The molecular formula is C12H13N3O3S. The van der Waals surface area contributed by atoms with Crippen LogP contribution >= 0.6 is 11.3 Å². The van der Waals surface area contributed by atoms with E-state index in [4.69, 9.17) is 5.11 Å². The average Bonchev–Trinajstić information content (AvgIpc) is 2.99. The van der Waals surface area contributed by atoms with Crippen molar-refractivity contribution in [1.82, 2.24) is 14.9 Å². The normalized spacial score (nSPS) is 10.3. The van der Waals surface area contributed by atoms with E-state index in [1.807, 2.05) is 5.38 Å². The third-order valence-corrected chi connectivity index (χ3v) is 3.18. The molecule has 0 bridgehead atoms. The Morgan fingerprint density at radius 2 is 2.32 bits per heavy atom. The summed E-state index contributed by atoms with van der Waals surface area (Å²) in [6.07, 6.45) is 2.25. The monoisotopic (exact) mass is 279 g/mol. The van der Waals surface area contributed by atoms with Gasteiger partial charge in [-0.15, -0.1) is 11.3 Å². The van der Waals surface area contributed by atoms with Gasteiger partial charge in [0, 0.05) is 24.5 Å². The van der Waals surface area contributed by atoms with Crippen LogP contribution in [0.4, 0.5) is 0 Å². The van der Waals surface area contributed by atoms with Crippen LogP contribution in [0.3, 0.4) is 0 Å². The molecule has 6 nitrogen and oxygen atoms in total. The molecule has 19 heavy (non-hydrogen) atoms. The summed E-state index contributed by atoms with van der Waals surface area (Å²) in [6.45, 7) is 0.498. The van der Waals surface area contributed by atoms with Crippen LogP contribution in [-0.2, 0) is 17.8 Å². The Balaban J connectivity index is 1.81. The zero-order valence-electron chi connectivity index (χ0n) is 10.1. The second kappa shape index (κ2) is 6.14. The molecule has 1 amide bonds. The van der Waals surface area contributed by atoms with E-state index in [-0.39, 0.29) is 18.1 Å². The number of amides is 1. The summed E-state index contributed by atoms with van der Waals surface area (Å²) in [4.78, 5) is 26.7. The molecule has 0 aliphatic carbocycles. The molecule has 0 fully saturated rings. The molecule has 0 spiro atoms. The molecule has 0 aromatic carbocycles. The first-order valence-corrected chi connectivity index (χ1v) is 6.63. The van der Waals surface area contributed by atoms with Gasteiger partial charge in [0.1, 0.15) is 12.2 Å².